The van der Waals surface area contributed by atoms with Gasteiger partial charge in [0, 0.05) is 43.2 Å². The predicted molar refractivity (Wildman–Crippen MR) is 115 cm³/mol. The molecular formula is C23H20N4O5. The number of nitro groups is 1. The number of hydrogen-bond donors (Lipinski definition) is 1. The summed E-state index contributed by atoms with van der Waals surface area (Å²) in [5.41, 5.74) is 0.789. The molecule has 1 aliphatic heterocycles. The van der Waals surface area contributed by atoms with Gasteiger partial charge in [-0.1, -0.05) is 30.3 Å². The van der Waals surface area contributed by atoms with Gasteiger partial charge < -0.3 is 14.6 Å². The zero-order valence-corrected chi connectivity index (χ0v) is 17.0. The number of ketones is 1. The molecule has 1 atom stereocenters. The van der Waals surface area contributed by atoms with Crippen molar-refractivity contribution in [2.75, 3.05) is 6.54 Å². The lowest BCUT2D eigenvalue weighted by molar-refractivity contribution is -0.384. The number of Topliss-reactive ketones (excluding diaryl/α,β-unsaturated/α-hetero) is 1. The minimum atomic E-state index is -0.848. The largest absolute Gasteiger partial charge is 0.507 e. The molecule has 0 aliphatic carbocycles. The van der Waals surface area contributed by atoms with Crippen molar-refractivity contribution in [2.24, 2.45) is 0 Å². The zero-order valence-electron chi connectivity index (χ0n) is 17.0. The second kappa shape index (κ2) is 8.84. The number of aryl methyl sites for hydroxylation is 1. The van der Waals surface area contributed by atoms with Crippen LogP contribution in [-0.4, -0.2) is 42.7 Å². The molecule has 1 fully saturated rings. The summed E-state index contributed by atoms with van der Waals surface area (Å²) in [5, 5.41) is 22.0. The van der Waals surface area contributed by atoms with Crippen LogP contribution in [0.3, 0.4) is 0 Å². The average molecular weight is 432 g/mol. The summed E-state index contributed by atoms with van der Waals surface area (Å²) in [7, 11) is 0. The van der Waals surface area contributed by atoms with E-state index < -0.39 is 22.7 Å². The molecule has 0 saturated carbocycles. The number of likely N-dealkylation sites (tertiary alicyclic amines) is 1. The van der Waals surface area contributed by atoms with Crippen molar-refractivity contribution >= 4 is 23.1 Å². The minimum Gasteiger partial charge on any atom is -0.507 e. The first-order valence-corrected chi connectivity index (χ1v) is 10.0. The maximum atomic E-state index is 12.9. The molecule has 0 radical (unpaired) electrons. The molecule has 2 heterocycles. The summed E-state index contributed by atoms with van der Waals surface area (Å²) in [6.45, 7) is 0.852. The molecular weight excluding hydrogens is 412 g/mol. The molecule has 1 aromatic heterocycles. The Balaban J connectivity index is 1.73. The second-order valence-corrected chi connectivity index (χ2v) is 7.36. The van der Waals surface area contributed by atoms with E-state index in [0.29, 0.717) is 24.1 Å². The lowest BCUT2D eigenvalue weighted by Gasteiger charge is -2.25. The van der Waals surface area contributed by atoms with E-state index in [2.05, 4.69) is 4.98 Å². The van der Waals surface area contributed by atoms with Crippen LogP contribution in [0.15, 0.2) is 78.9 Å². The molecule has 0 spiro atoms. The summed E-state index contributed by atoms with van der Waals surface area (Å²) < 4.78 is 1.86. The molecule has 0 unspecified atom stereocenters. The van der Waals surface area contributed by atoms with Crippen molar-refractivity contribution in [1.29, 1.82) is 0 Å². The van der Waals surface area contributed by atoms with Gasteiger partial charge in [-0.3, -0.25) is 19.7 Å². The Morgan fingerprint density at radius 2 is 1.78 bits per heavy atom. The number of carbonyl (C=O) groups is 2. The van der Waals surface area contributed by atoms with Gasteiger partial charge in [-0.05, 0) is 24.1 Å². The van der Waals surface area contributed by atoms with Crippen molar-refractivity contribution in [3.8, 4) is 0 Å². The monoisotopic (exact) mass is 432 g/mol. The first-order valence-electron chi connectivity index (χ1n) is 10.0. The molecule has 1 saturated heterocycles. The number of aromatic nitrogens is 2. The van der Waals surface area contributed by atoms with Crippen LogP contribution in [-0.2, 0) is 16.1 Å². The predicted octanol–water partition coefficient (Wildman–Crippen LogP) is 3.30. The number of aliphatic hydroxyl groups is 1. The molecule has 2 aromatic carbocycles. The van der Waals surface area contributed by atoms with Gasteiger partial charge in [-0.25, -0.2) is 4.98 Å². The molecule has 1 amide bonds. The highest BCUT2D eigenvalue weighted by Gasteiger charge is 2.45. The van der Waals surface area contributed by atoms with Crippen LogP contribution in [0.5, 0.6) is 0 Å². The van der Waals surface area contributed by atoms with Crippen LogP contribution in [0.25, 0.3) is 5.76 Å². The number of benzene rings is 2. The number of hydrogen-bond acceptors (Lipinski definition) is 6. The maximum Gasteiger partial charge on any atom is 0.295 e. The number of non-ortho nitro benzene ring substituents is 1. The number of rotatable bonds is 7. The number of nitrogens with zero attached hydrogens (tertiary/aromatic N) is 4. The van der Waals surface area contributed by atoms with E-state index >= 15 is 0 Å². The van der Waals surface area contributed by atoms with Crippen LogP contribution < -0.4 is 0 Å². The van der Waals surface area contributed by atoms with E-state index in [1.165, 1.54) is 29.2 Å². The number of aliphatic hydroxyl groups excluding tert-OH is 1. The maximum absolute atomic E-state index is 12.9. The lowest BCUT2D eigenvalue weighted by atomic mass is 9.95. The SMILES string of the molecule is O=C1C(=O)N(CCCn2ccnc2)[C@@H](c2ccc([N+](=O)[O-])cc2)C1=C(O)c1ccccc1. The highest BCUT2D eigenvalue weighted by atomic mass is 16.6. The van der Waals surface area contributed by atoms with Crippen molar-refractivity contribution in [3.63, 3.8) is 0 Å². The van der Waals surface area contributed by atoms with E-state index in [0.717, 1.165) is 0 Å². The quantitative estimate of drug-likeness (QED) is 0.201. The van der Waals surface area contributed by atoms with Gasteiger partial charge in [-0.2, -0.15) is 0 Å². The average Bonchev–Trinajstić information content (AvgIpc) is 3.41. The number of nitro benzene ring substituents is 1. The van der Waals surface area contributed by atoms with E-state index in [4.69, 9.17) is 0 Å². The fraction of sp³-hybridized carbons (Fsp3) is 0.174. The first kappa shape index (κ1) is 21.0. The Morgan fingerprint density at radius 3 is 2.41 bits per heavy atom. The second-order valence-electron chi connectivity index (χ2n) is 7.36. The molecule has 9 nitrogen and oxygen atoms in total. The molecule has 0 bridgehead atoms. The van der Waals surface area contributed by atoms with E-state index in [-0.39, 0.29) is 23.6 Å². The number of carbonyl (C=O) groups excluding carboxylic acids is 2. The number of amides is 1. The molecule has 162 valence electrons. The van der Waals surface area contributed by atoms with Crippen LogP contribution in [0.4, 0.5) is 5.69 Å². The number of imidazole rings is 1. The minimum absolute atomic E-state index is 0.0299. The van der Waals surface area contributed by atoms with E-state index in [1.54, 1.807) is 49.1 Å². The molecule has 9 heteroatoms. The van der Waals surface area contributed by atoms with Gasteiger partial charge >= 0.3 is 0 Å². The smallest absolute Gasteiger partial charge is 0.295 e. The van der Waals surface area contributed by atoms with Crippen LogP contribution in [0, 0.1) is 10.1 Å². The Hall–Kier alpha value is -4.27. The van der Waals surface area contributed by atoms with Crippen LogP contribution >= 0.6 is 0 Å². The molecule has 1 aliphatic rings. The van der Waals surface area contributed by atoms with Crippen molar-refractivity contribution < 1.29 is 19.6 Å². The Labute approximate surface area is 183 Å². The highest BCUT2D eigenvalue weighted by Crippen LogP contribution is 2.39. The molecule has 32 heavy (non-hydrogen) atoms. The molecule has 4 rings (SSSR count). The third-order valence-corrected chi connectivity index (χ3v) is 5.38. The summed E-state index contributed by atoms with van der Waals surface area (Å²) in [6, 6.07) is 13.3. The zero-order chi connectivity index (χ0) is 22.7. The van der Waals surface area contributed by atoms with Crippen LogP contribution in [0.2, 0.25) is 0 Å². The fourth-order valence-corrected chi connectivity index (χ4v) is 3.83. The van der Waals surface area contributed by atoms with Gasteiger partial charge in [0.25, 0.3) is 17.4 Å². The summed E-state index contributed by atoms with van der Waals surface area (Å²) in [4.78, 5) is 41.8. The van der Waals surface area contributed by atoms with Gasteiger partial charge in [0.2, 0.25) is 0 Å². The van der Waals surface area contributed by atoms with Gasteiger partial charge in [0.1, 0.15) is 5.76 Å². The standard InChI is InChI=1S/C23H20N4O5/c28-21(17-5-2-1-3-6-17)19-20(16-7-9-18(10-8-16)27(31)32)26(23(30)22(19)29)13-4-12-25-14-11-24-15-25/h1-3,5-11,14-15,20,28H,4,12-13H2/t20-/m0/s1. The van der Waals surface area contributed by atoms with Crippen molar-refractivity contribution in [1.82, 2.24) is 14.5 Å². The molecule has 3 aromatic rings. The van der Waals surface area contributed by atoms with Crippen molar-refractivity contribution in [3.05, 3.63) is 100 Å². The topological polar surface area (TPSA) is 119 Å². The highest BCUT2D eigenvalue weighted by molar-refractivity contribution is 6.46. The van der Waals surface area contributed by atoms with E-state index in [9.17, 15) is 24.8 Å². The summed E-state index contributed by atoms with van der Waals surface area (Å²) in [6.07, 6.45) is 5.68. The third kappa shape index (κ3) is 4.00. The first-order chi connectivity index (χ1) is 15.5. The lowest BCUT2D eigenvalue weighted by Crippen LogP contribution is -2.31. The fourth-order valence-electron chi connectivity index (χ4n) is 3.83. The Kier molecular flexibility index (Phi) is 5.80. The Morgan fingerprint density at radius 1 is 1.06 bits per heavy atom. The van der Waals surface area contributed by atoms with Crippen LogP contribution in [0.1, 0.15) is 23.6 Å². The third-order valence-electron chi connectivity index (χ3n) is 5.38. The van der Waals surface area contributed by atoms with Gasteiger partial charge in [0.15, 0.2) is 0 Å². The summed E-state index contributed by atoms with van der Waals surface area (Å²) >= 11 is 0. The van der Waals surface area contributed by atoms with E-state index in [1.807, 2.05) is 4.57 Å². The van der Waals surface area contributed by atoms with Gasteiger partial charge in [-0.15, -0.1) is 0 Å². The van der Waals surface area contributed by atoms with Gasteiger partial charge in [0.05, 0.1) is 22.9 Å². The molecule has 1 N–H and O–H groups in total. The Bertz CT molecular complexity index is 1170. The van der Waals surface area contributed by atoms with Crippen molar-refractivity contribution in [2.45, 2.75) is 19.0 Å². The summed E-state index contributed by atoms with van der Waals surface area (Å²) in [5.74, 6) is -1.77. The normalized spacial score (nSPS) is 17.6.